The molecule has 0 radical (unpaired) electrons. The van der Waals surface area contributed by atoms with Crippen LogP contribution < -0.4 is 5.32 Å². The van der Waals surface area contributed by atoms with E-state index in [0.717, 1.165) is 0 Å². The molecule has 2 N–H and O–H groups in total. The van der Waals surface area contributed by atoms with Crippen molar-refractivity contribution in [2.75, 3.05) is 19.0 Å². The molecule has 9 nitrogen and oxygen atoms in total. The van der Waals surface area contributed by atoms with Gasteiger partial charge in [-0.1, -0.05) is 6.92 Å². The van der Waals surface area contributed by atoms with Crippen molar-refractivity contribution in [2.45, 2.75) is 27.2 Å². The van der Waals surface area contributed by atoms with Crippen molar-refractivity contribution in [3.8, 4) is 5.69 Å². The van der Waals surface area contributed by atoms with Crippen LogP contribution in [0.25, 0.3) is 5.69 Å². The first kappa shape index (κ1) is 21.8. The monoisotopic (exact) mass is 424 g/mol. The van der Waals surface area contributed by atoms with Crippen LogP contribution in [-0.2, 0) is 15.9 Å². The molecule has 0 saturated heterocycles. The highest BCUT2D eigenvalue weighted by Crippen LogP contribution is 2.22. The zero-order chi connectivity index (χ0) is 22.5. The number of benzene rings is 1. The van der Waals surface area contributed by atoms with Gasteiger partial charge in [-0.2, -0.15) is 5.10 Å². The Balaban J connectivity index is 1.76. The third-order valence-corrected chi connectivity index (χ3v) is 4.76. The summed E-state index contributed by atoms with van der Waals surface area (Å²) >= 11 is 0. The van der Waals surface area contributed by atoms with Crippen LogP contribution in [0.4, 0.5) is 5.69 Å². The van der Waals surface area contributed by atoms with Gasteiger partial charge in [0.1, 0.15) is 5.69 Å². The van der Waals surface area contributed by atoms with E-state index in [2.05, 4.69) is 15.4 Å². The second-order valence-corrected chi connectivity index (χ2v) is 6.69. The van der Waals surface area contributed by atoms with E-state index in [1.54, 1.807) is 55.1 Å². The van der Waals surface area contributed by atoms with E-state index in [1.165, 1.54) is 7.11 Å². The molecule has 0 unspecified atom stereocenters. The maximum Gasteiger partial charge on any atom is 0.358 e. The van der Waals surface area contributed by atoms with Crippen molar-refractivity contribution in [3.05, 3.63) is 64.7 Å². The normalized spacial score (nSPS) is 10.6. The number of methoxy groups -OCH3 is 1. The van der Waals surface area contributed by atoms with Crippen molar-refractivity contribution in [1.29, 1.82) is 0 Å². The SMILES string of the molecule is CCOC(=O)c1ccn(-c2ccc(NC(=O)c3[nH]c(CC)c(C(=O)OC)c3C)cc2)n1. The molecule has 1 amide bonds. The van der Waals surface area contributed by atoms with Gasteiger partial charge in [-0.15, -0.1) is 0 Å². The standard InChI is InChI=1S/C22H24N4O5/c1-5-16-18(22(29)30-4)13(3)19(24-16)20(27)23-14-7-9-15(10-8-14)26-12-11-17(25-26)21(28)31-6-2/h7-12,24H,5-6H2,1-4H3,(H,23,27). The molecular weight excluding hydrogens is 400 g/mol. The lowest BCUT2D eigenvalue weighted by molar-refractivity contribution is 0.0517. The van der Waals surface area contributed by atoms with Crippen molar-refractivity contribution in [1.82, 2.24) is 14.8 Å². The molecule has 2 aromatic heterocycles. The summed E-state index contributed by atoms with van der Waals surface area (Å²) in [6.45, 7) is 5.61. The van der Waals surface area contributed by atoms with Gasteiger partial charge in [0.05, 0.1) is 25.0 Å². The van der Waals surface area contributed by atoms with E-state index in [4.69, 9.17) is 9.47 Å². The minimum atomic E-state index is -0.482. The Morgan fingerprint density at radius 2 is 1.81 bits per heavy atom. The fourth-order valence-corrected chi connectivity index (χ4v) is 3.20. The number of aromatic amines is 1. The number of H-pyrrole nitrogens is 1. The van der Waals surface area contributed by atoms with Gasteiger partial charge in [-0.05, 0) is 56.2 Å². The van der Waals surface area contributed by atoms with Gasteiger partial charge in [0.15, 0.2) is 5.69 Å². The molecule has 1 aromatic carbocycles. The lowest BCUT2D eigenvalue weighted by Crippen LogP contribution is -2.14. The molecule has 0 fully saturated rings. The molecule has 0 aliphatic heterocycles. The quantitative estimate of drug-likeness (QED) is 0.563. The maximum absolute atomic E-state index is 12.8. The summed E-state index contributed by atoms with van der Waals surface area (Å²) in [5, 5.41) is 7.01. The van der Waals surface area contributed by atoms with Crippen LogP contribution in [0.15, 0.2) is 36.5 Å². The van der Waals surface area contributed by atoms with Crippen molar-refractivity contribution in [3.63, 3.8) is 0 Å². The highest BCUT2D eigenvalue weighted by molar-refractivity contribution is 6.06. The lowest BCUT2D eigenvalue weighted by Gasteiger charge is -2.07. The summed E-state index contributed by atoms with van der Waals surface area (Å²) in [5.41, 5.74) is 3.40. The molecule has 31 heavy (non-hydrogen) atoms. The highest BCUT2D eigenvalue weighted by atomic mass is 16.5. The minimum absolute atomic E-state index is 0.217. The summed E-state index contributed by atoms with van der Waals surface area (Å²) in [7, 11) is 1.31. The number of ether oxygens (including phenoxy) is 2. The van der Waals surface area contributed by atoms with Crippen molar-refractivity contribution in [2.24, 2.45) is 0 Å². The van der Waals surface area contributed by atoms with Crippen LogP contribution in [-0.4, -0.2) is 46.3 Å². The number of hydrogen-bond donors (Lipinski definition) is 2. The predicted molar refractivity (Wildman–Crippen MR) is 114 cm³/mol. The second kappa shape index (κ2) is 9.29. The number of esters is 2. The number of nitrogens with one attached hydrogen (secondary N) is 2. The Bertz CT molecular complexity index is 1110. The summed E-state index contributed by atoms with van der Waals surface area (Å²) in [5.74, 6) is -1.32. The molecule has 0 spiro atoms. The van der Waals surface area contributed by atoms with Gasteiger partial charge in [-0.25, -0.2) is 14.3 Å². The fourth-order valence-electron chi connectivity index (χ4n) is 3.20. The molecule has 0 bridgehead atoms. The zero-order valence-corrected chi connectivity index (χ0v) is 17.8. The van der Waals surface area contributed by atoms with Crippen molar-refractivity contribution >= 4 is 23.5 Å². The van der Waals surface area contributed by atoms with E-state index < -0.39 is 11.9 Å². The van der Waals surface area contributed by atoms with Gasteiger partial charge in [0.2, 0.25) is 0 Å². The van der Waals surface area contributed by atoms with Gasteiger partial charge >= 0.3 is 11.9 Å². The molecule has 0 saturated carbocycles. The van der Waals surface area contributed by atoms with E-state index in [9.17, 15) is 14.4 Å². The molecule has 2 heterocycles. The lowest BCUT2D eigenvalue weighted by atomic mass is 10.1. The summed E-state index contributed by atoms with van der Waals surface area (Å²) in [6, 6.07) is 8.54. The molecule has 0 aliphatic rings. The maximum atomic E-state index is 12.8. The molecule has 0 aliphatic carbocycles. The molecular formula is C22H24N4O5. The van der Waals surface area contributed by atoms with Crippen LogP contribution in [0.3, 0.4) is 0 Å². The van der Waals surface area contributed by atoms with Gasteiger partial charge < -0.3 is 19.8 Å². The van der Waals surface area contributed by atoms with Gasteiger partial charge in [0.25, 0.3) is 5.91 Å². The van der Waals surface area contributed by atoms with E-state index >= 15 is 0 Å². The number of rotatable bonds is 7. The first-order valence-electron chi connectivity index (χ1n) is 9.83. The first-order chi connectivity index (χ1) is 14.9. The van der Waals surface area contributed by atoms with Crippen LogP contribution in [0, 0.1) is 6.92 Å². The number of carbonyl (C=O) groups is 3. The number of carbonyl (C=O) groups excluding carboxylic acids is 3. The zero-order valence-electron chi connectivity index (χ0n) is 17.8. The predicted octanol–water partition coefficient (Wildman–Crippen LogP) is 3.29. The number of aryl methyl sites for hydroxylation is 1. The van der Waals surface area contributed by atoms with Crippen molar-refractivity contribution < 1.29 is 23.9 Å². The van der Waals surface area contributed by atoms with Crippen LogP contribution in [0.2, 0.25) is 0 Å². The summed E-state index contributed by atoms with van der Waals surface area (Å²) < 4.78 is 11.3. The number of aromatic nitrogens is 3. The Morgan fingerprint density at radius 3 is 2.42 bits per heavy atom. The summed E-state index contributed by atoms with van der Waals surface area (Å²) in [6.07, 6.45) is 2.22. The molecule has 3 rings (SSSR count). The van der Waals surface area contributed by atoms with E-state index in [0.29, 0.717) is 40.3 Å². The summed E-state index contributed by atoms with van der Waals surface area (Å²) in [4.78, 5) is 39.6. The highest BCUT2D eigenvalue weighted by Gasteiger charge is 2.23. The number of nitrogens with zero attached hydrogens (tertiary/aromatic N) is 2. The smallest absolute Gasteiger partial charge is 0.358 e. The third kappa shape index (κ3) is 4.50. The topological polar surface area (TPSA) is 115 Å². The van der Waals surface area contributed by atoms with Gasteiger partial charge in [-0.3, -0.25) is 4.79 Å². The van der Waals surface area contributed by atoms with Crippen LogP contribution >= 0.6 is 0 Å². The third-order valence-electron chi connectivity index (χ3n) is 4.76. The molecule has 162 valence electrons. The fraction of sp³-hybridized carbons (Fsp3) is 0.273. The Morgan fingerprint density at radius 1 is 1.10 bits per heavy atom. The Hall–Kier alpha value is -3.88. The molecule has 9 heteroatoms. The Kier molecular flexibility index (Phi) is 6.54. The molecule has 3 aromatic rings. The van der Waals surface area contributed by atoms with E-state index in [1.807, 2.05) is 6.92 Å². The number of anilines is 1. The van der Waals surface area contributed by atoms with Crippen LogP contribution in [0.5, 0.6) is 0 Å². The minimum Gasteiger partial charge on any atom is -0.465 e. The van der Waals surface area contributed by atoms with Gasteiger partial charge in [0, 0.05) is 17.6 Å². The second-order valence-electron chi connectivity index (χ2n) is 6.69. The largest absolute Gasteiger partial charge is 0.465 e. The number of hydrogen-bond acceptors (Lipinski definition) is 6. The first-order valence-corrected chi connectivity index (χ1v) is 9.83. The average Bonchev–Trinajstić information content (AvgIpc) is 3.39. The van der Waals surface area contributed by atoms with Crippen LogP contribution in [0.1, 0.15) is 56.4 Å². The number of amides is 1. The average molecular weight is 424 g/mol. The molecule has 0 atom stereocenters. The van der Waals surface area contributed by atoms with E-state index in [-0.39, 0.29) is 18.2 Å². The Labute approximate surface area is 179 Å².